The largest absolute Gasteiger partial charge is 0.486 e. The van der Waals surface area contributed by atoms with E-state index < -0.39 is 21.6 Å². The Bertz CT molecular complexity index is 1360. The Morgan fingerprint density at radius 3 is 2.38 bits per heavy atom. The smallest absolute Gasteiger partial charge is 0.349 e. The highest BCUT2D eigenvalue weighted by Gasteiger charge is 2.32. The number of rotatable bonds is 3. The number of fused-ring (bicyclic) bond motifs is 2. The fourth-order valence-electron chi connectivity index (χ4n) is 3.85. The molecule has 3 heterocycles. The number of hydrogen-bond donors (Lipinski definition) is 0. The normalized spacial score (nSPS) is 16.8. The second kappa shape index (κ2) is 7.95. The van der Waals surface area contributed by atoms with Gasteiger partial charge in [0.05, 0.1) is 4.90 Å². The van der Waals surface area contributed by atoms with Gasteiger partial charge in [0, 0.05) is 37.6 Å². The molecule has 166 valence electrons. The van der Waals surface area contributed by atoms with E-state index in [4.69, 9.17) is 13.9 Å². The lowest BCUT2D eigenvalue weighted by atomic mass is 10.1. The van der Waals surface area contributed by atoms with Gasteiger partial charge in [-0.1, -0.05) is 18.2 Å². The predicted octanol–water partition coefficient (Wildman–Crippen LogP) is 1.71. The van der Waals surface area contributed by atoms with Crippen LogP contribution in [0.2, 0.25) is 0 Å². The van der Waals surface area contributed by atoms with Crippen LogP contribution in [0, 0.1) is 0 Å². The van der Waals surface area contributed by atoms with Crippen molar-refractivity contribution in [2.75, 3.05) is 39.4 Å². The summed E-state index contributed by atoms with van der Waals surface area (Å²) in [6, 6.07) is 13.0. The van der Waals surface area contributed by atoms with Crippen LogP contribution < -0.4 is 15.1 Å². The molecule has 0 N–H and O–H groups in total. The van der Waals surface area contributed by atoms with E-state index >= 15 is 0 Å². The van der Waals surface area contributed by atoms with E-state index in [1.54, 1.807) is 30.3 Å². The van der Waals surface area contributed by atoms with Gasteiger partial charge in [-0.3, -0.25) is 4.79 Å². The first-order valence-corrected chi connectivity index (χ1v) is 11.6. The molecule has 0 bridgehead atoms. The number of amides is 1. The molecule has 0 saturated carbocycles. The van der Waals surface area contributed by atoms with Crippen molar-refractivity contribution in [3.63, 3.8) is 0 Å². The third kappa shape index (κ3) is 3.61. The van der Waals surface area contributed by atoms with Crippen molar-refractivity contribution in [3.8, 4) is 11.5 Å². The van der Waals surface area contributed by atoms with Crippen LogP contribution >= 0.6 is 0 Å². The summed E-state index contributed by atoms with van der Waals surface area (Å²) >= 11 is 0. The van der Waals surface area contributed by atoms with Crippen LogP contribution in [-0.4, -0.2) is 62.9 Å². The molecule has 0 aliphatic carbocycles. The molecule has 9 nitrogen and oxygen atoms in total. The second-order valence-corrected chi connectivity index (χ2v) is 9.43. The molecule has 3 aromatic rings. The van der Waals surface area contributed by atoms with Crippen LogP contribution in [-0.2, 0) is 10.0 Å². The highest BCUT2D eigenvalue weighted by molar-refractivity contribution is 7.89. The molecule has 1 saturated heterocycles. The monoisotopic (exact) mass is 456 g/mol. The van der Waals surface area contributed by atoms with E-state index in [0.29, 0.717) is 35.7 Å². The highest BCUT2D eigenvalue weighted by atomic mass is 32.2. The molecule has 1 fully saturated rings. The maximum atomic E-state index is 13.1. The Morgan fingerprint density at radius 2 is 1.59 bits per heavy atom. The summed E-state index contributed by atoms with van der Waals surface area (Å²) < 4.78 is 43.7. The Morgan fingerprint density at radius 1 is 0.875 bits per heavy atom. The van der Waals surface area contributed by atoms with Gasteiger partial charge in [0.25, 0.3) is 5.91 Å². The SMILES string of the molecule is O=C(c1cc2ccccc2oc1=O)N1CCN(S(=O)(=O)c2ccc3c(c2)OCCO3)CC1. The molecule has 5 rings (SSSR count). The Balaban J connectivity index is 1.32. The number of nitrogens with zero attached hydrogens (tertiary/aromatic N) is 2. The van der Waals surface area contributed by atoms with Gasteiger partial charge in [-0.25, -0.2) is 13.2 Å². The lowest BCUT2D eigenvalue weighted by Gasteiger charge is -2.34. The summed E-state index contributed by atoms with van der Waals surface area (Å²) in [4.78, 5) is 26.8. The molecule has 1 amide bonds. The summed E-state index contributed by atoms with van der Waals surface area (Å²) in [6.07, 6.45) is 0. The molecule has 0 atom stereocenters. The standard InChI is InChI=1S/C22H20N2O7S/c25-21(17-13-15-3-1-2-4-18(15)31-22(17)26)23-7-9-24(10-8-23)32(27,28)16-5-6-19-20(14-16)30-12-11-29-19/h1-6,13-14H,7-12H2. The number of piperazine rings is 1. The second-order valence-electron chi connectivity index (χ2n) is 7.49. The van der Waals surface area contributed by atoms with Gasteiger partial charge in [0.1, 0.15) is 24.4 Å². The minimum Gasteiger partial charge on any atom is -0.486 e. The molecule has 0 unspecified atom stereocenters. The number of sulfonamides is 1. The van der Waals surface area contributed by atoms with Crippen LogP contribution in [0.15, 0.2) is 62.6 Å². The number of carbonyl (C=O) groups excluding carboxylic acids is 1. The quantitative estimate of drug-likeness (QED) is 0.553. The van der Waals surface area contributed by atoms with E-state index in [1.807, 2.05) is 0 Å². The topological polar surface area (TPSA) is 106 Å². The third-order valence-corrected chi connectivity index (χ3v) is 7.44. The van der Waals surface area contributed by atoms with Crippen molar-refractivity contribution in [2.45, 2.75) is 4.90 Å². The van der Waals surface area contributed by atoms with Crippen LogP contribution in [0.4, 0.5) is 0 Å². The Labute approximate surface area is 183 Å². The summed E-state index contributed by atoms with van der Waals surface area (Å²) in [5.74, 6) is 0.440. The molecule has 2 aliphatic heterocycles. The average Bonchev–Trinajstić information content (AvgIpc) is 2.83. The fourth-order valence-corrected chi connectivity index (χ4v) is 5.28. The van der Waals surface area contributed by atoms with Gasteiger partial charge in [0.15, 0.2) is 11.5 Å². The van der Waals surface area contributed by atoms with Crippen molar-refractivity contribution in [1.29, 1.82) is 0 Å². The van der Waals surface area contributed by atoms with Crippen molar-refractivity contribution in [3.05, 3.63) is 64.5 Å². The van der Waals surface area contributed by atoms with Crippen LogP contribution in [0.1, 0.15) is 10.4 Å². The summed E-state index contributed by atoms with van der Waals surface area (Å²) in [6.45, 7) is 1.33. The molecule has 0 radical (unpaired) electrons. The Hall–Kier alpha value is -3.37. The fraction of sp³-hybridized carbons (Fsp3) is 0.273. The van der Waals surface area contributed by atoms with Crippen LogP contribution in [0.5, 0.6) is 11.5 Å². The lowest BCUT2D eigenvalue weighted by molar-refractivity contribution is 0.0694. The summed E-state index contributed by atoms with van der Waals surface area (Å²) in [5, 5.41) is 0.648. The zero-order valence-corrected chi connectivity index (χ0v) is 17.8. The van der Waals surface area contributed by atoms with Crippen LogP contribution in [0.3, 0.4) is 0 Å². The van der Waals surface area contributed by atoms with E-state index in [0.717, 1.165) is 0 Å². The maximum absolute atomic E-state index is 13.1. The summed E-state index contributed by atoms with van der Waals surface area (Å²) in [5.41, 5.74) is -0.365. The zero-order valence-electron chi connectivity index (χ0n) is 17.0. The van der Waals surface area contributed by atoms with Crippen molar-refractivity contribution in [2.24, 2.45) is 0 Å². The third-order valence-electron chi connectivity index (χ3n) is 5.55. The van der Waals surface area contributed by atoms with Gasteiger partial charge >= 0.3 is 5.63 Å². The van der Waals surface area contributed by atoms with Crippen molar-refractivity contribution < 1.29 is 27.1 Å². The molecular weight excluding hydrogens is 436 g/mol. The number of hydrogen-bond acceptors (Lipinski definition) is 7. The van der Waals surface area contributed by atoms with E-state index in [9.17, 15) is 18.0 Å². The predicted molar refractivity (Wildman–Crippen MR) is 115 cm³/mol. The van der Waals surface area contributed by atoms with Gasteiger partial charge in [-0.2, -0.15) is 4.31 Å². The number of benzene rings is 2. The van der Waals surface area contributed by atoms with Crippen LogP contribution in [0.25, 0.3) is 11.0 Å². The molecule has 10 heteroatoms. The minimum absolute atomic E-state index is 0.0631. The van der Waals surface area contributed by atoms with E-state index in [-0.39, 0.29) is 36.6 Å². The zero-order chi connectivity index (χ0) is 22.3. The van der Waals surface area contributed by atoms with Gasteiger partial charge in [-0.05, 0) is 24.3 Å². The lowest BCUT2D eigenvalue weighted by Crippen LogP contribution is -2.51. The molecule has 1 aromatic heterocycles. The maximum Gasteiger partial charge on any atom is 0.349 e. The number of carbonyl (C=O) groups is 1. The average molecular weight is 456 g/mol. The molecule has 0 spiro atoms. The molecular formula is C22H20N2O7S. The highest BCUT2D eigenvalue weighted by Crippen LogP contribution is 2.33. The first kappa shape index (κ1) is 20.5. The first-order valence-electron chi connectivity index (χ1n) is 10.2. The molecule has 32 heavy (non-hydrogen) atoms. The Kier molecular flexibility index (Phi) is 5.10. The first-order chi connectivity index (χ1) is 15.4. The van der Waals surface area contributed by atoms with Crippen molar-refractivity contribution >= 4 is 26.9 Å². The number of para-hydroxylation sites is 1. The van der Waals surface area contributed by atoms with Gasteiger partial charge < -0.3 is 18.8 Å². The van der Waals surface area contributed by atoms with Gasteiger partial charge in [0.2, 0.25) is 10.0 Å². The van der Waals surface area contributed by atoms with E-state index in [2.05, 4.69) is 0 Å². The summed E-state index contributed by atoms with van der Waals surface area (Å²) in [7, 11) is -3.77. The van der Waals surface area contributed by atoms with Gasteiger partial charge in [-0.15, -0.1) is 0 Å². The van der Waals surface area contributed by atoms with E-state index in [1.165, 1.54) is 27.4 Å². The minimum atomic E-state index is -3.77. The number of ether oxygens (including phenoxy) is 2. The molecule has 2 aromatic carbocycles. The molecule has 2 aliphatic rings. The van der Waals surface area contributed by atoms with Crippen molar-refractivity contribution in [1.82, 2.24) is 9.21 Å².